The van der Waals surface area contributed by atoms with Crippen LogP contribution in [-0.2, 0) is 0 Å². The van der Waals surface area contributed by atoms with Crippen molar-refractivity contribution in [2.24, 2.45) is 11.3 Å². The molecular weight excluding hydrogens is 146 g/mol. The third-order valence-corrected chi connectivity index (χ3v) is 2.29. The van der Waals surface area contributed by atoms with Crippen LogP contribution in [0.25, 0.3) is 0 Å². The van der Waals surface area contributed by atoms with Crippen LogP contribution in [0.1, 0.15) is 47.0 Å². The summed E-state index contributed by atoms with van der Waals surface area (Å²) in [6.07, 6.45) is 4.14. The predicted molar refractivity (Wildman–Crippen MR) is 54.3 cm³/mol. The Morgan fingerprint density at radius 2 is 1.92 bits per heavy atom. The second kappa shape index (κ2) is 3.78. The maximum atomic E-state index is 3.58. The molecule has 1 fully saturated rings. The number of hydrogen-bond donors (Lipinski definition) is 1. The zero-order valence-electron chi connectivity index (χ0n) is 8.98. The molecule has 1 rings (SSSR count). The van der Waals surface area contributed by atoms with Crippen LogP contribution in [0.3, 0.4) is 0 Å². The normalized spacial score (nSPS) is 21.0. The minimum atomic E-state index is 0.491. The smallest absolute Gasteiger partial charge is 0.00683 e. The summed E-state index contributed by atoms with van der Waals surface area (Å²) < 4.78 is 0. The van der Waals surface area contributed by atoms with E-state index in [9.17, 15) is 0 Å². The summed E-state index contributed by atoms with van der Waals surface area (Å²) in [7, 11) is 0. The molecular formula is C11H23N. The number of rotatable bonds is 4. The number of hydrogen-bond acceptors (Lipinski definition) is 1. The Balaban J connectivity index is 2.05. The molecule has 1 heteroatoms. The van der Waals surface area contributed by atoms with Gasteiger partial charge in [-0.05, 0) is 37.1 Å². The fourth-order valence-corrected chi connectivity index (χ4v) is 1.77. The van der Waals surface area contributed by atoms with Crippen LogP contribution >= 0.6 is 0 Å². The van der Waals surface area contributed by atoms with Gasteiger partial charge in [-0.2, -0.15) is 0 Å². The van der Waals surface area contributed by atoms with Gasteiger partial charge in [0.05, 0.1) is 0 Å². The van der Waals surface area contributed by atoms with Crippen molar-refractivity contribution in [3.8, 4) is 0 Å². The fourth-order valence-electron chi connectivity index (χ4n) is 1.77. The summed E-state index contributed by atoms with van der Waals surface area (Å²) in [5.74, 6) is 0.825. The molecule has 0 amide bonds. The average Bonchev–Trinajstić information content (AvgIpc) is 2.61. The van der Waals surface area contributed by atoms with Crippen molar-refractivity contribution in [3.63, 3.8) is 0 Å². The molecule has 1 aliphatic carbocycles. The topological polar surface area (TPSA) is 12.0 Å². The van der Waals surface area contributed by atoms with Crippen LogP contribution in [0, 0.1) is 11.3 Å². The van der Waals surface area contributed by atoms with Gasteiger partial charge in [-0.25, -0.2) is 0 Å². The lowest BCUT2D eigenvalue weighted by Crippen LogP contribution is -2.25. The maximum absolute atomic E-state index is 3.58. The lowest BCUT2D eigenvalue weighted by molar-refractivity contribution is 0.299. The van der Waals surface area contributed by atoms with Gasteiger partial charge < -0.3 is 5.32 Å². The molecule has 1 unspecified atom stereocenters. The molecule has 1 nitrogen and oxygen atoms in total. The molecule has 0 aromatic rings. The highest BCUT2D eigenvalue weighted by Crippen LogP contribution is 2.25. The zero-order chi connectivity index (χ0) is 9.19. The summed E-state index contributed by atoms with van der Waals surface area (Å²) in [6, 6.07) is 0.868. The molecule has 0 spiro atoms. The molecule has 0 aliphatic heterocycles. The van der Waals surface area contributed by atoms with E-state index in [0.717, 1.165) is 12.0 Å². The van der Waals surface area contributed by atoms with Crippen LogP contribution in [0.2, 0.25) is 0 Å². The highest BCUT2D eigenvalue weighted by molar-refractivity contribution is 4.81. The molecule has 0 radical (unpaired) electrons. The van der Waals surface area contributed by atoms with Crippen molar-refractivity contribution in [2.75, 3.05) is 6.54 Å². The van der Waals surface area contributed by atoms with Crippen molar-refractivity contribution >= 4 is 0 Å². The van der Waals surface area contributed by atoms with Crippen molar-refractivity contribution in [3.05, 3.63) is 0 Å². The van der Waals surface area contributed by atoms with E-state index in [0.29, 0.717) is 5.41 Å². The Morgan fingerprint density at radius 1 is 1.33 bits per heavy atom. The molecule has 1 N–H and O–H groups in total. The molecule has 1 saturated carbocycles. The number of nitrogens with one attached hydrogen (secondary N) is 1. The van der Waals surface area contributed by atoms with Gasteiger partial charge in [-0.3, -0.25) is 0 Å². The molecule has 0 heterocycles. The van der Waals surface area contributed by atoms with E-state index >= 15 is 0 Å². The minimum absolute atomic E-state index is 0.491. The molecule has 72 valence electrons. The van der Waals surface area contributed by atoms with Crippen LogP contribution in [-0.4, -0.2) is 12.6 Å². The third-order valence-electron chi connectivity index (χ3n) is 2.29. The highest BCUT2D eigenvalue weighted by Gasteiger charge is 2.22. The third kappa shape index (κ3) is 4.76. The maximum Gasteiger partial charge on any atom is 0.00683 e. The SMILES string of the molecule is CC(CNC1CC1)CC(C)(C)C. The first-order valence-electron chi connectivity index (χ1n) is 5.21. The summed E-state index contributed by atoms with van der Waals surface area (Å²) in [5, 5.41) is 3.58. The second-order valence-electron chi connectivity index (χ2n) is 5.55. The molecule has 0 aromatic heterocycles. The van der Waals surface area contributed by atoms with E-state index in [1.165, 1.54) is 25.8 Å². The molecule has 0 saturated heterocycles. The van der Waals surface area contributed by atoms with E-state index in [1.807, 2.05) is 0 Å². The first-order chi connectivity index (χ1) is 5.47. The van der Waals surface area contributed by atoms with Crippen LogP contribution in [0.15, 0.2) is 0 Å². The Kier molecular flexibility index (Phi) is 3.16. The lowest BCUT2D eigenvalue weighted by atomic mass is 9.85. The summed E-state index contributed by atoms with van der Waals surface area (Å²) in [4.78, 5) is 0. The Bertz CT molecular complexity index is 130. The van der Waals surface area contributed by atoms with E-state index in [4.69, 9.17) is 0 Å². The van der Waals surface area contributed by atoms with E-state index in [2.05, 4.69) is 33.0 Å². The Labute approximate surface area is 76.9 Å². The van der Waals surface area contributed by atoms with Crippen LogP contribution < -0.4 is 5.32 Å². The van der Waals surface area contributed by atoms with E-state index in [-0.39, 0.29) is 0 Å². The van der Waals surface area contributed by atoms with Gasteiger partial charge in [0.1, 0.15) is 0 Å². The lowest BCUT2D eigenvalue weighted by Gasteiger charge is -2.23. The van der Waals surface area contributed by atoms with Gasteiger partial charge in [0.2, 0.25) is 0 Å². The van der Waals surface area contributed by atoms with Gasteiger partial charge >= 0.3 is 0 Å². The quantitative estimate of drug-likeness (QED) is 0.682. The fraction of sp³-hybridized carbons (Fsp3) is 1.00. The van der Waals surface area contributed by atoms with Gasteiger partial charge in [0.15, 0.2) is 0 Å². The van der Waals surface area contributed by atoms with Gasteiger partial charge in [0.25, 0.3) is 0 Å². The van der Waals surface area contributed by atoms with Gasteiger partial charge in [0, 0.05) is 6.04 Å². The molecule has 1 aliphatic rings. The molecule has 0 bridgehead atoms. The second-order valence-corrected chi connectivity index (χ2v) is 5.55. The summed E-state index contributed by atoms with van der Waals surface area (Å²) in [5.41, 5.74) is 0.491. The average molecular weight is 169 g/mol. The van der Waals surface area contributed by atoms with Crippen molar-refractivity contribution in [2.45, 2.75) is 53.0 Å². The van der Waals surface area contributed by atoms with Gasteiger partial charge in [-0.1, -0.05) is 27.7 Å². The highest BCUT2D eigenvalue weighted by atomic mass is 14.9. The monoisotopic (exact) mass is 169 g/mol. The summed E-state index contributed by atoms with van der Waals surface area (Å²) >= 11 is 0. The molecule has 0 aromatic carbocycles. The summed E-state index contributed by atoms with van der Waals surface area (Å²) in [6.45, 7) is 10.5. The predicted octanol–water partition coefficient (Wildman–Crippen LogP) is 2.81. The van der Waals surface area contributed by atoms with Crippen molar-refractivity contribution in [1.82, 2.24) is 5.32 Å². The Morgan fingerprint density at radius 3 is 2.33 bits per heavy atom. The van der Waals surface area contributed by atoms with Crippen LogP contribution in [0.5, 0.6) is 0 Å². The van der Waals surface area contributed by atoms with Gasteiger partial charge in [-0.15, -0.1) is 0 Å². The van der Waals surface area contributed by atoms with E-state index in [1.54, 1.807) is 0 Å². The first kappa shape index (κ1) is 10.0. The van der Waals surface area contributed by atoms with Crippen LogP contribution in [0.4, 0.5) is 0 Å². The Hall–Kier alpha value is -0.0400. The minimum Gasteiger partial charge on any atom is -0.314 e. The van der Waals surface area contributed by atoms with Crippen molar-refractivity contribution in [1.29, 1.82) is 0 Å². The van der Waals surface area contributed by atoms with E-state index < -0.39 is 0 Å². The first-order valence-corrected chi connectivity index (χ1v) is 5.21. The zero-order valence-corrected chi connectivity index (χ0v) is 8.98. The largest absolute Gasteiger partial charge is 0.314 e. The molecule has 12 heavy (non-hydrogen) atoms. The standard InChI is InChI=1S/C11H23N/c1-9(7-11(2,3)4)8-12-10-5-6-10/h9-10,12H,5-8H2,1-4H3. The van der Waals surface area contributed by atoms with Crippen molar-refractivity contribution < 1.29 is 0 Å². The molecule has 1 atom stereocenters.